The summed E-state index contributed by atoms with van der Waals surface area (Å²) in [5.74, 6) is 0.197. The number of nitrogens with one attached hydrogen (secondary N) is 1. The topological polar surface area (TPSA) is 58.6 Å². The number of likely N-dealkylation sites (tertiary alicyclic amines) is 1. The molecule has 0 aromatic carbocycles. The van der Waals surface area contributed by atoms with Crippen molar-refractivity contribution in [2.24, 2.45) is 5.92 Å². The summed E-state index contributed by atoms with van der Waals surface area (Å²) in [5.41, 5.74) is 1.32. The van der Waals surface area contributed by atoms with Gasteiger partial charge in [0, 0.05) is 24.0 Å². The van der Waals surface area contributed by atoms with Crippen molar-refractivity contribution < 1.29 is 14.3 Å². The predicted octanol–water partition coefficient (Wildman–Crippen LogP) is 2.27. The lowest BCUT2D eigenvalue weighted by Gasteiger charge is -2.33. The normalized spacial score (nSPS) is 26.8. The van der Waals surface area contributed by atoms with Crippen LogP contribution in [0.1, 0.15) is 48.6 Å². The van der Waals surface area contributed by atoms with Gasteiger partial charge in [0.25, 0.3) is 0 Å². The van der Waals surface area contributed by atoms with Gasteiger partial charge in [0.15, 0.2) is 0 Å². The quantitative estimate of drug-likeness (QED) is 0.908. The number of rotatable bonds is 4. The van der Waals surface area contributed by atoms with E-state index in [9.17, 15) is 9.59 Å². The number of hydrogen-bond donors (Lipinski definition) is 1. The number of thiophene rings is 1. The van der Waals surface area contributed by atoms with Crippen LogP contribution in [0.25, 0.3) is 0 Å². The lowest BCUT2D eigenvalue weighted by atomic mass is 9.96. The van der Waals surface area contributed by atoms with Crippen molar-refractivity contribution in [1.82, 2.24) is 10.2 Å². The van der Waals surface area contributed by atoms with Crippen LogP contribution in [-0.4, -0.2) is 42.5 Å². The smallest absolute Gasteiger partial charge is 0.225 e. The zero-order valence-corrected chi connectivity index (χ0v) is 14.6. The van der Waals surface area contributed by atoms with E-state index in [2.05, 4.69) is 16.8 Å². The Bertz CT molecular complexity index is 626. The monoisotopic (exact) mass is 348 g/mol. The van der Waals surface area contributed by atoms with Crippen molar-refractivity contribution in [3.05, 3.63) is 21.9 Å². The van der Waals surface area contributed by atoms with Gasteiger partial charge >= 0.3 is 0 Å². The molecular formula is C18H24N2O3S. The maximum absolute atomic E-state index is 12.7. The average Bonchev–Trinajstić information content (AvgIpc) is 3.27. The second kappa shape index (κ2) is 6.84. The summed E-state index contributed by atoms with van der Waals surface area (Å²) in [6, 6.07) is 2.52. The largest absolute Gasteiger partial charge is 0.372 e. The van der Waals surface area contributed by atoms with Crippen molar-refractivity contribution >= 4 is 23.2 Å². The molecule has 0 unspecified atom stereocenters. The average molecular weight is 348 g/mol. The van der Waals surface area contributed by atoms with Gasteiger partial charge in [-0.3, -0.25) is 9.59 Å². The van der Waals surface area contributed by atoms with E-state index >= 15 is 0 Å². The molecule has 5 nitrogen and oxygen atoms in total. The van der Waals surface area contributed by atoms with Gasteiger partial charge in [0.05, 0.1) is 18.9 Å². The number of fused-ring (bicyclic) bond motifs is 1. The number of hydrogen-bond acceptors (Lipinski definition) is 4. The van der Waals surface area contributed by atoms with Crippen molar-refractivity contribution in [1.29, 1.82) is 0 Å². The summed E-state index contributed by atoms with van der Waals surface area (Å²) in [7, 11) is 0. The standard InChI is InChI=1S/C18H24N2O3S/c21-16(10-15-17-12(5-8-23-15)6-9-24-17)20-7-1-2-13(11-20)18(22)19-14-3-4-14/h6,9,13-15H,1-5,7-8,10-11H2,(H,19,22)/t13-,15-/m0/s1. The highest BCUT2D eigenvalue weighted by atomic mass is 32.1. The van der Waals surface area contributed by atoms with E-state index in [4.69, 9.17) is 4.74 Å². The molecule has 1 saturated carbocycles. The van der Waals surface area contributed by atoms with Crippen molar-refractivity contribution in [2.45, 2.75) is 50.7 Å². The van der Waals surface area contributed by atoms with E-state index in [1.165, 1.54) is 10.4 Å². The van der Waals surface area contributed by atoms with E-state index in [1.807, 2.05) is 4.90 Å². The summed E-state index contributed by atoms with van der Waals surface area (Å²) < 4.78 is 5.84. The molecule has 3 heterocycles. The van der Waals surface area contributed by atoms with Gasteiger partial charge in [-0.05, 0) is 49.1 Å². The summed E-state index contributed by atoms with van der Waals surface area (Å²) in [6.45, 7) is 2.01. The summed E-state index contributed by atoms with van der Waals surface area (Å²) in [6.07, 6.45) is 5.22. The van der Waals surface area contributed by atoms with Gasteiger partial charge in [0.2, 0.25) is 11.8 Å². The SMILES string of the molecule is O=C(NC1CC1)[C@H]1CCCN(C(=O)C[C@@H]2OCCc3ccsc32)C1. The molecule has 1 aromatic rings. The fourth-order valence-electron chi connectivity index (χ4n) is 3.63. The first-order valence-electron chi connectivity index (χ1n) is 8.96. The fourth-order valence-corrected chi connectivity index (χ4v) is 4.63. The lowest BCUT2D eigenvalue weighted by molar-refractivity contribution is -0.138. The highest BCUT2D eigenvalue weighted by Crippen LogP contribution is 2.34. The molecule has 1 N–H and O–H groups in total. The minimum absolute atomic E-state index is 0.0483. The number of amides is 2. The molecular weight excluding hydrogens is 324 g/mol. The van der Waals surface area contributed by atoms with Gasteiger partial charge in [-0.15, -0.1) is 11.3 Å². The van der Waals surface area contributed by atoms with Crippen LogP contribution in [0.4, 0.5) is 0 Å². The molecule has 2 fully saturated rings. The van der Waals surface area contributed by atoms with Crippen LogP contribution >= 0.6 is 11.3 Å². The van der Waals surface area contributed by atoms with Crippen LogP contribution in [0.15, 0.2) is 11.4 Å². The van der Waals surface area contributed by atoms with Gasteiger partial charge in [-0.25, -0.2) is 0 Å². The van der Waals surface area contributed by atoms with Gasteiger partial charge in [-0.1, -0.05) is 0 Å². The second-order valence-corrected chi connectivity index (χ2v) is 8.03. The van der Waals surface area contributed by atoms with E-state index in [-0.39, 0.29) is 23.8 Å². The fraction of sp³-hybridized carbons (Fsp3) is 0.667. The zero-order valence-electron chi connectivity index (χ0n) is 13.8. The Morgan fingerprint density at radius 1 is 1.33 bits per heavy atom. The molecule has 2 atom stereocenters. The molecule has 0 bridgehead atoms. The van der Waals surface area contributed by atoms with Crippen LogP contribution in [0.2, 0.25) is 0 Å². The molecule has 6 heteroatoms. The molecule has 1 aliphatic carbocycles. The lowest BCUT2D eigenvalue weighted by Crippen LogP contribution is -2.46. The van der Waals surface area contributed by atoms with Gasteiger partial charge in [0.1, 0.15) is 6.10 Å². The molecule has 2 aliphatic heterocycles. The highest BCUT2D eigenvalue weighted by molar-refractivity contribution is 7.10. The summed E-state index contributed by atoms with van der Waals surface area (Å²) >= 11 is 1.68. The number of carbonyl (C=O) groups is 2. The van der Waals surface area contributed by atoms with E-state index < -0.39 is 0 Å². The van der Waals surface area contributed by atoms with Crippen LogP contribution in [-0.2, 0) is 20.7 Å². The first-order valence-corrected chi connectivity index (χ1v) is 9.84. The zero-order chi connectivity index (χ0) is 16.5. The van der Waals surface area contributed by atoms with Gasteiger partial charge < -0.3 is 15.0 Å². The molecule has 0 radical (unpaired) electrons. The third-order valence-corrected chi connectivity index (χ3v) is 6.24. The predicted molar refractivity (Wildman–Crippen MR) is 91.8 cm³/mol. The molecule has 3 aliphatic rings. The molecule has 2 amide bonds. The molecule has 4 rings (SSSR count). The Kier molecular flexibility index (Phi) is 4.59. The van der Waals surface area contributed by atoms with Crippen molar-refractivity contribution in [2.75, 3.05) is 19.7 Å². The molecule has 1 saturated heterocycles. The molecule has 0 spiro atoms. The minimum Gasteiger partial charge on any atom is -0.372 e. The first kappa shape index (κ1) is 16.1. The van der Waals surface area contributed by atoms with Crippen LogP contribution in [0.3, 0.4) is 0 Å². The number of piperidine rings is 1. The summed E-state index contributed by atoms with van der Waals surface area (Å²) in [4.78, 5) is 28.1. The van der Waals surface area contributed by atoms with Crippen LogP contribution in [0.5, 0.6) is 0 Å². The minimum atomic E-state index is -0.109. The summed E-state index contributed by atoms with van der Waals surface area (Å²) in [5, 5.41) is 5.15. The maximum Gasteiger partial charge on any atom is 0.225 e. The third kappa shape index (κ3) is 3.49. The first-order chi connectivity index (χ1) is 11.7. The molecule has 24 heavy (non-hydrogen) atoms. The van der Waals surface area contributed by atoms with Crippen LogP contribution in [0, 0.1) is 5.92 Å². The van der Waals surface area contributed by atoms with Crippen molar-refractivity contribution in [3.63, 3.8) is 0 Å². The Balaban J connectivity index is 1.35. The Morgan fingerprint density at radius 3 is 3.04 bits per heavy atom. The number of carbonyl (C=O) groups excluding carboxylic acids is 2. The van der Waals surface area contributed by atoms with E-state index in [0.29, 0.717) is 25.6 Å². The highest BCUT2D eigenvalue weighted by Gasteiger charge is 2.33. The maximum atomic E-state index is 12.7. The van der Waals surface area contributed by atoms with E-state index in [0.717, 1.165) is 38.6 Å². The molecule has 1 aromatic heterocycles. The van der Waals surface area contributed by atoms with Gasteiger partial charge in [-0.2, -0.15) is 0 Å². The van der Waals surface area contributed by atoms with E-state index in [1.54, 1.807) is 11.3 Å². The Hall–Kier alpha value is -1.40. The Labute approximate surface area is 146 Å². The number of nitrogens with zero attached hydrogens (tertiary/aromatic N) is 1. The van der Waals surface area contributed by atoms with Crippen LogP contribution < -0.4 is 5.32 Å². The van der Waals surface area contributed by atoms with Crippen molar-refractivity contribution in [3.8, 4) is 0 Å². The molecule has 130 valence electrons. The second-order valence-electron chi connectivity index (χ2n) is 7.09. The Morgan fingerprint density at radius 2 is 2.21 bits per heavy atom. The number of ether oxygens (including phenoxy) is 1. The third-order valence-electron chi connectivity index (χ3n) is 5.19.